The third-order valence-electron chi connectivity index (χ3n) is 3.11. The summed E-state index contributed by atoms with van der Waals surface area (Å²) in [6.07, 6.45) is 1.62. The van der Waals surface area contributed by atoms with Crippen molar-refractivity contribution < 1.29 is 4.79 Å². The van der Waals surface area contributed by atoms with Crippen molar-refractivity contribution >= 4 is 40.3 Å². The topological polar surface area (TPSA) is 46.9 Å². The standard InChI is InChI=1S/C16H14ClN3OS/c17-13-7-5-12(6-8-13)9-22-10-16(21)19-20-11-18-14-3-1-2-4-15(14)20/h1-8,11H,9-10H2,(H,19,21). The molecular formula is C16H14ClN3OS. The van der Waals surface area contributed by atoms with Crippen molar-refractivity contribution in [1.29, 1.82) is 0 Å². The maximum Gasteiger partial charge on any atom is 0.248 e. The Hall–Kier alpha value is -1.98. The lowest BCUT2D eigenvalue weighted by Crippen LogP contribution is -2.23. The lowest BCUT2D eigenvalue weighted by Gasteiger charge is -2.07. The Bertz CT molecular complexity index is 785. The fourth-order valence-corrected chi connectivity index (χ4v) is 2.96. The smallest absolute Gasteiger partial charge is 0.248 e. The number of carbonyl (C=O) groups is 1. The van der Waals surface area contributed by atoms with Gasteiger partial charge in [0.25, 0.3) is 0 Å². The third kappa shape index (κ3) is 3.61. The van der Waals surface area contributed by atoms with Crippen LogP contribution >= 0.6 is 23.4 Å². The second kappa shape index (κ2) is 6.85. The number of fused-ring (bicyclic) bond motifs is 1. The van der Waals surface area contributed by atoms with Gasteiger partial charge in [-0.05, 0) is 29.8 Å². The first-order valence-electron chi connectivity index (χ1n) is 6.76. The van der Waals surface area contributed by atoms with Crippen LogP contribution in [0.4, 0.5) is 0 Å². The summed E-state index contributed by atoms with van der Waals surface area (Å²) in [6, 6.07) is 15.3. The van der Waals surface area contributed by atoms with Crippen LogP contribution in [0.3, 0.4) is 0 Å². The van der Waals surface area contributed by atoms with Crippen LogP contribution < -0.4 is 5.43 Å². The van der Waals surface area contributed by atoms with E-state index in [0.717, 1.165) is 27.4 Å². The van der Waals surface area contributed by atoms with Crippen molar-refractivity contribution in [2.75, 3.05) is 11.2 Å². The normalized spacial score (nSPS) is 10.8. The first kappa shape index (κ1) is 14.9. The fraction of sp³-hybridized carbons (Fsp3) is 0.125. The van der Waals surface area contributed by atoms with E-state index in [2.05, 4.69) is 10.4 Å². The molecule has 0 aliphatic carbocycles. The highest BCUT2D eigenvalue weighted by Crippen LogP contribution is 2.15. The van der Waals surface area contributed by atoms with E-state index in [0.29, 0.717) is 5.75 Å². The monoisotopic (exact) mass is 331 g/mol. The minimum absolute atomic E-state index is 0.0536. The number of amides is 1. The van der Waals surface area contributed by atoms with Gasteiger partial charge in [-0.3, -0.25) is 10.2 Å². The molecule has 0 aliphatic rings. The number of nitrogens with zero attached hydrogens (tertiary/aromatic N) is 2. The molecule has 3 rings (SSSR count). The molecule has 22 heavy (non-hydrogen) atoms. The fourth-order valence-electron chi connectivity index (χ4n) is 2.06. The second-order valence-corrected chi connectivity index (χ2v) is 6.18. The van der Waals surface area contributed by atoms with Gasteiger partial charge in [-0.2, -0.15) is 0 Å². The molecule has 2 aromatic carbocycles. The van der Waals surface area contributed by atoms with Crippen LogP contribution in [0.15, 0.2) is 54.9 Å². The number of rotatable bonds is 5. The molecule has 1 N–H and O–H groups in total. The highest BCUT2D eigenvalue weighted by atomic mass is 35.5. The molecule has 0 radical (unpaired) electrons. The Kier molecular flexibility index (Phi) is 4.65. The number of para-hydroxylation sites is 2. The molecule has 0 fully saturated rings. The number of hydrogen-bond donors (Lipinski definition) is 1. The maximum absolute atomic E-state index is 12.0. The van der Waals surface area contributed by atoms with E-state index in [1.807, 2.05) is 48.5 Å². The Labute approximate surface area is 137 Å². The Morgan fingerprint density at radius 3 is 2.77 bits per heavy atom. The van der Waals surface area contributed by atoms with E-state index >= 15 is 0 Å². The summed E-state index contributed by atoms with van der Waals surface area (Å²) in [5.74, 6) is 1.10. The molecule has 0 saturated heterocycles. The molecule has 3 aromatic rings. The predicted molar refractivity (Wildman–Crippen MR) is 91.7 cm³/mol. The minimum atomic E-state index is -0.0536. The van der Waals surface area contributed by atoms with E-state index < -0.39 is 0 Å². The van der Waals surface area contributed by atoms with Gasteiger partial charge in [0, 0.05) is 10.8 Å². The Morgan fingerprint density at radius 2 is 1.95 bits per heavy atom. The van der Waals surface area contributed by atoms with Crippen LogP contribution in [-0.2, 0) is 10.5 Å². The predicted octanol–water partition coefficient (Wildman–Crippen LogP) is 3.69. The summed E-state index contributed by atoms with van der Waals surface area (Å²) in [6.45, 7) is 0. The number of thioether (sulfide) groups is 1. The molecule has 0 saturated carbocycles. The summed E-state index contributed by atoms with van der Waals surface area (Å²) in [5, 5.41) is 0.721. The summed E-state index contributed by atoms with van der Waals surface area (Å²) in [4.78, 5) is 16.2. The van der Waals surface area contributed by atoms with Crippen molar-refractivity contribution in [3.05, 3.63) is 65.4 Å². The van der Waals surface area contributed by atoms with Crippen molar-refractivity contribution in [2.45, 2.75) is 5.75 Å². The zero-order chi connectivity index (χ0) is 15.4. The van der Waals surface area contributed by atoms with Gasteiger partial charge in [0.2, 0.25) is 5.91 Å². The van der Waals surface area contributed by atoms with Gasteiger partial charge in [0.05, 0.1) is 16.8 Å². The molecule has 1 aromatic heterocycles. The maximum atomic E-state index is 12.0. The molecule has 0 atom stereocenters. The summed E-state index contributed by atoms with van der Waals surface area (Å²) < 4.78 is 1.65. The zero-order valence-electron chi connectivity index (χ0n) is 11.7. The van der Waals surface area contributed by atoms with Crippen molar-refractivity contribution in [3.63, 3.8) is 0 Å². The van der Waals surface area contributed by atoms with Crippen molar-refractivity contribution in [2.24, 2.45) is 0 Å². The van der Waals surface area contributed by atoms with E-state index in [1.165, 1.54) is 0 Å². The van der Waals surface area contributed by atoms with Crippen LogP contribution in [0.5, 0.6) is 0 Å². The molecule has 4 nitrogen and oxygen atoms in total. The Morgan fingerprint density at radius 1 is 1.18 bits per heavy atom. The highest BCUT2D eigenvalue weighted by molar-refractivity contribution is 7.99. The van der Waals surface area contributed by atoms with Crippen LogP contribution in [0, 0.1) is 0 Å². The SMILES string of the molecule is O=C(CSCc1ccc(Cl)cc1)Nn1cnc2ccccc21. The number of carbonyl (C=O) groups excluding carboxylic acids is 1. The zero-order valence-corrected chi connectivity index (χ0v) is 13.3. The molecule has 112 valence electrons. The van der Waals surface area contributed by atoms with Gasteiger partial charge in [0.15, 0.2) is 0 Å². The molecule has 0 unspecified atom stereocenters. The van der Waals surface area contributed by atoms with Crippen LogP contribution in [-0.4, -0.2) is 21.3 Å². The lowest BCUT2D eigenvalue weighted by atomic mass is 10.2. The summed E-state index contributed by atoms with van der Waals surface area (Å²) in [7, 11) is 0. The van der Waals surface area contributed by atoms with Crippen LogP contribution in [0.1, 0.15) is 5.56 Å². The quantitative estimate of drug-likeness (QED) is 0.775. The highest BCUT2D eigenvalue weighted by Gasteiger charge is 2.06. The van der Waals surface area contributed by atoms with Gasteiger partial charge in [0.1, 0.15) is 6.33 Å². The van der Waals surface area contributed by atoms with Crippen molar-refractivity contribution in [3.8, 4) is 0 Å². The average Bonchev–Trinajstić information content (AvgIpc) is 2.93. The first-order valence-corrected chi connectivity index (χ1v) is 8.30. The second-order valence-electron chi connectivity index (χ2n) is 4.76. The van der Waals surface area contributed by atoms with Gasteiger partial charge in [-0.15, -0.1) is 11.8 Å². The number of halogens is 1. The van der Waals surface area contributed by atoms with Crippen LogP contribution in [0.25, 0.3) is 11.0 Å². The number of aromatic nitrogens is 2. The van der Waals surface area contributed by atoms with Gasteiger partial charge < -0.3 is 0 Å². The van der Waals surface area contributed by atoms with E-state index in [-0.39, 0.29) is 5.91 Å². The summed E-state index contributed by atoms with van der Waals surface area (Å²) in [5.41, 5.74) is 5.73. The molecule has 0 aliphatic heterocycles. The minimum Gasteiger partial charge on any atom is -0.272 e. The molecule has 6 heteroatoms. The largest absolute Gasteiger partial charge is 0.272 e. The van der Waals surface area contributed by atoms with E-state index in [4.69, 9.17) is 11.6 Å². The number of imidazole rings is 1. The average molecular weight is 332 g/mol. The molecule has 0 spiro atoms. The van der Waals surface area contributed by atoms with E-state index in [9.17, 15) is 4.79 Å². The van der Waals surface area contributed by atoms with Crippen LogP contribution in [0.2, 0.25) is 5.02 Å². The lowest BCUT2D eigenvalue weighted by molar-refractivity contribution is -0.114. The molecule has 1 amide bonds. The molecule has 1 heterocycles. The number of benzene rings is 2. The van der Waals surface area contributed by atoms with Gasteiger partial charge in [-0.1, -0.05) is 35.9 Å². The third-order valence-corrected chi connectivity index (χ3v) is 4.37. The molecule has 0 bridgehead atoms. The number of nitrogens with one attached hydrogen (secondary N) is 1. The Balaban J connectivity index is 1.53. The van der Waals surface area contributed by atoms with Gasteiger partial charge in [-0.25, -0.2) is 9.66 Å². The van der Waals surface area contributed by atoms with Gasteiger partial charge >= 0.3 is 0 Å². The molecular weight excluding hydrogens is 318 g/mol. The van der Waals surface area contributed by atoms with E-state index in [1.54, 1.807) is 22.8 Å². The first-order chi connectivity index (χ1) is 10.7. The number of hydrogen-bond acceptors (Lipinski definition) is 3. The summed E-state index contributed by atoms with van der Waals surface area (Å²) >= 11 is 7.40. The van der Waals surface area contributed by atoms with Crippen molar-refractivity contribution in [1.82, 2.24) is 9.66 Å².